The third-order valence-electron chi connectivity index (χ3n) is 2.52. The van der Waals surface area contributed by atoms with E-state index in [2.05, 4.69) is 0 Å². The molecule has 4 nitrogen and oxygen atoms in total. The third kappa shape index (κ3) is 3.11. The zero-order chi connectivity index (χ0) is 13.1. The summed E-state index contributed by atoms with van der Waals surface area (Å²) in [6, 6.07) is 3.60. The van der Waals surface area contributed by atoms with Gasteiger partial charge in [-0.2, -0.15) is 0 Å². The molecule has 0 aliphatic rings. The van der Waals surface area contributed by atoms with E-state index in [1.165, 1.54) is 0 Å². The van der Waals surface area contributed by atoms with Crippen LogP contribution in [0.2, 0.25) is 0 Å². The molecule has 4 heteroatoms. The van der Waals surface area contributed by atoms with Gasteiger partial charge in [0, 0.05) is 18.7 Å². The lowest BCUT2D eigenvalue weighted by atomic mass is 9.92. The fourth-order valence-corrected chi connectivity index (χ4v) is 1.89. The summed E-state index contributed by atoms with van der Waals surface area (Å²) in [4.78, 5) is 0. The molecule has 0 atom stereocenters. The average Bonchev–Trinajstić information content (AvgIpc) is 2.26. The van der Waals surface area contributed by atoms with Crippen LogP contribution in [0.4, 0.5) is 0 Å². The Bertz CT molecular complexity index is 380. The van der Waals surface area contributed by atoms with Crippen LogP contribution in [0.25, 0.3) is 0 Å². The Labute approximate surface area is 102 Å². The first kappa shape index (κ1) is 13.8. The van der Waals surface area contributed by atoms with Crippen molar-refractivity contribution in [3.8, 4) is 11.5 Å². The number of benzene rings is 1. The number of aliphatic hydroxyl groups is 1. The molecule has 0 fully saturated rings. The SMILES string of the molecule is COCc1cc(OC)cc(OC)c1C(C)(C)O. The summed E-state index contributed by atoms with van der Waals surface area (Å²) in [6.45, 7) is 3.83. The van der Waals surface area contributed by atoms with Gasteiger partial charge in [0.15, 0.2) is 0 Å². The van der Waals surface area contributed by atoms with E-state index in [4.69, 9.17) is 14.2 Å². The van der Waals surface area contributed by atoms with Gasteiger partial charge in [-0.15, -0.1) is 0 Å². The fourth-order valence-electron chi connectivity index (χ4n) is 1.89. The van der Waals surface area contributed by atoms with Crippen molar-refractivity contribution < 1.29 is 19.3 Å². The van der Waals surface area contributed by atoms with Gasteiger partial charge in [-0.3, -0.25) is 0 Å². The molecule has 0 heterocycles. The molecule has 0 saturated heterocycles. The van der Waals surface area contributed by atoms with Crippen molar-refractivity contribution in [2.75, 3.05) is 21.3 Å². The van der Waals surface area contributed by atoms with Crippen LogP contribution in [0.3, 0.4) is 0 Å². The first-order valence-corrected chi connectivity index (χ1v) is 5.40. The van der Waals surface area contributed by atoms with E-state index in [-0.39, 0.29) is 0 Å². The van der Waals surface area contributed by atoms with Crippen LogP contribution in [0, 0.1) is 0 Å². The number of hydrogen-bond acceptors (Lipinski definition) is 4. The lowest BCUT2D eigenvalue weighted by Crippen LogP contribution is -2.20. The van der Waals surface area contributed by atoms with E-state index < -0.39 is 5.60 Å². The molecule has 1 rings (SSSR count). The van der Waals surface area contributed by atoms with Gasteiger partial charge in [-0.05, 0) is 25.5 Å². The summed E-state index contributed by atoms with van der Waals surface area (Å²) in [6.07, 6.45) is 0. The molecule has 0 bridgehead atoms. The number of methoxy groups -OCH3 is 3. The molecule has 0 aliphatic heterocycles. The lowest BCUT2D eigenvalue weighted by molar-refractivity contribution is 0.0715. The van der Waals surface area contributed by atoms with Gasteiger partial charge in [-0.25, -0.2) is 0 Å². The van der Waals surface area contributed by atoms with Crippen molar-refractivity contribution in [1.82, 2.24) is 0 Å². The van der Waals surface area contributed by atoms with Crippen LogP contribution in [-0.4, -0.2) is 26.4 Å². The molecule has 0 aromatic heterocycles. The molecular formula is C13H20O4. The molecule has 0 spiro atoms. The van der Waals surface area contributed by atoms with Crippen molar-refractivity contribution in [2.24, 2.45) is 0 Å². The molecule has 1 aromatic rings. The second kappa shape index (κ2) is 5.38. The van der Waals surface area contributed by atoms with E-state index in [0.717, 1.165) is 11.1 Å². The van der Waals surface area contributed by atoms with Crippen LogP contribution in [-0.2, 0) is 16.9 Å². The maximum absolute atomic E-state index is 10.2. The summed E-state index contributed by atoms with van der Waals surface area (Å²) in [5.41, 5.74) is 0.588. The number of ether oxygens (including phenoxy) is 3. The fraction of sp³-hybridized carbons (Fsp3) is 0.538. The summed E-state index contributed by atoms with van der Waals surface area (Å²) >= 11 is 0. The Morgan fingerprint density at radius 3 is 2.18 bits per heavy atom. The molecular weight excluding hydrogens is 220 g/mol. The standard InChI is InChI=1S/C13H20O4/c1-13(2,14)12-9(8-15-3)6-10(16-4)7-11(12)17-5/h6-7,14H,8H2,1-5H3. The molecule has 96 valence electrons. The minimum Gasteiger partial charge on any atom is -0.497 e. The highest BCUT2D eigenvalue weighted by Crippen LogP contribution is 2.36. The van der Waals surface area contributed by atoms with Gasteiger partial charge < -0.3 is 19.3 Å². The molecule has 0 saturated carbocycles. The van der Waals surface area contributed by atoms with Gasteiger partial charge in [0.2, 0.25) is 0 Å². The van der Waals surface area contributed by atoms with E-state index in [9.17, 15) is 5.11 Å². The van der Waals surface area contributed by atoms with Gasteiger partial charge in [0.05, 0.1) is 26.4 Å². The van der Waals surface area contributed by atoms with Crippen LogP contribution >= 0.6 is 0 Å². The summed E-state index contributed by atoms with van der Waals surface area (Å²) < 4.78 is 15.6. The number of hydrogen-bond donors (Lipinski definition) is 1. The maximum atomic E-state index is 10.2. The maximum Gasteiger partial charge on any atom is 0.128 e. The topological polar surface area (TPSA) is 47.9 Å². The first-order chi connectivity index (χ1) is 7.93. The van der Waals surface area contributed by atoms with Crippen LogP contribution in [0.1, 0.15) is 25.0 Å². The van der Waals surface area contributed by atoms with Crippen molar-refractivity contribution >= 4 is 0 Å². The highest BCUT2D eigenvalue weighted by molar-refractivity contribution is 5.49. The molecule has 1 N–H and O–H groups in total. The quantitative estimate of drug-likeness (QED) is 0.856. The highest BCUT2D eigenvalue weighted by atomic mass is 16.5. The predicted molar refractivity (Wildman–Crippen MR) is 65.5 cm³/mol. The zero-order valence-corrected chi connectivity index (χ0v) is 11.0. The second-order valence-electron chi connectivity index (χ2n) is 4.36. The van der Waals surface area contributed by atoms with E-state index in [1.54, 1.807) is 41.2 Å². The van der Waals surface area contributed by atoms with Gasteiger partial charge >= 0.3 is 0 Å². The molecule has 17 heavy (non-hydrogen) atoms. The molecule has 1 aromatic carbocycles. The minimum absolute atomic E-state index is 0.396. The molecule has 0 unspecified atom stereocenters. The number of rotatable bonds is 5. The van der Waals surface area contributed by atoms with E-state index >= 15 is 0 Å². The predicted octanol–water partition coefficient (Wildman–Crippen LogP) is 2.08. The Balaban J connectivity index is 3.41. The minimum atomic E-state index is -0.995. The summed E-state index contributed by atoms with van der Waals surface area (Å²) in [5, 5.41) is 10.2. The summed E-state index contributed by atoms with van der Waals surface area (Å²) in [7, 11) is 4.77. The Morgan fingerprint density at radius 2 is 1.76 bits per heavy atom. The molecule has 0 aliphatic carbocycles. The van der Waals surface area contributed by atoms with Crippen molar-refractivity contribution in [3.05, 3.63) is 23.3 Å². The zero-order valence-electron chi connectivity index (χ0n) is 11.0. The Morgan fingerprint density at radius 1 is 1.12 bits per heavy atom. The lowest BCUT2D eigenvalue weighted by Gasteiger charge is -2.24. The smallest absolute Gasteiger partial charge is 0.128 e. The van der Waals surface area contributed by atoms with E-state index in [1.807, 2.05) is 6.07 Å². The van der Waals surface area contributed by atoms with Crippen molar-refractivity contribution in [1.29, 1.82) is 0 Å². The first-order valence-electron chi connectivity index (χ1n) is 5.40. The van der Waals surface area contributed by atoms with Gasteiger partial charge in [0.25, 0.3) is 0 Å². The monoisotopic (exact) mass is 240 g/mol. The largest absolute Gasteiger partial charge is 0.497 e. The van der Waals surface area contributed by atoms with Gasteiger partial charge in [0.1, 0.15) is 11.5 Å². The van der Waals surface area contributed by atoms with Crippen molar-refractivity contribution in [3.63, 3.8) is 0 Å². The van der Waals surface area contributed by atoms with Gasteiger partial charge in [-0.1, -0.05) is 0 Å². The van der Waals surface area contributed by atoms with Crippen LogP contribution in [0.5, 0.6) is 11.5 Å². The van der Waals surface area contributed by atoms with Crippen LogP contribution < -0.4 is 9.47 Å². The highest BCUT2D eigenvalue weighted by Gasteiger charge is 2.25. The normalized spacial score (nSPS) is 11.4. The van der Waals surface area contributed by atoms with Crippen molar-refractivity contribution in [2.45, 2.75) is 26.1 Å². The Hall–Kier alpha value is -1.26. The summed E-state index contributed by atoms with van der Waals surface area (Å²) in [5.74, 6) is 1.28. The van der Waals surface area contributed by atoms with E-state index in [0.29, 0.717) is 18.1 Å². The third-order valence-corrected chi connectivity index (χ3v) is 2.52. The Kier molecular flexibility index (Phi) is 4.37. The molecule has 0 amide bonds. The average molecular weight is 240 g/mol. The molecule has 0 radical (unpaired) electrons. The second-order valence-corrected chi connectivity index (χ2v) is 4.36. The van der Waals surface area contributed by atoms with Crippen LogP contribution in [0.15, 0.2) is 12.1 Å².